The summed E-state index contributed by atoms with van der Waals surface area (Å²) in [6, 6.07) is 8.90. The molecule has 21 heavy (non-hydrogen) atoms. The zero-order valence-electron chi connectivity index (χ0n) is 11.9. The van der Waals surface area contributed by atoms with Crippen LogP contribution in [-0.2, 0) is 4.79 Å². The molecule has 0 aliphatic rings. The fourth-order valence-electron chi connectivity index (χ4n) is 1.94. The van der Waals surface area contributed by atoms with Gasteiger partial charge in [-0.1, -0.05) is 30.3 Å². The van der Waals surface area contributed by atoms with E-state index < -0.39 is 12.0 Å². The number of nitrogens with one attached hydrogen (secondary N) is 1. The number of hydrogen-bond acceptors (Lipinski definition) is 3. The lowest BCUT2D eigenvalue weighted by Gasteiger charge is -2.18. The Morgan fingerprint density at radius 2 is 1.90 bits per heavy atom. The second-order valence-electron chi connectivity index (χ2n) is 4.83. The Balaban J connectivity index is 2.03. The Kier molecular flexibility index (Phi) is 4.37. The van der Waals surface area contributed by atoms with Gasteiger partial charge in [-0.05, 0) is 19.4 Å². The Hall–Kier alpha value is -2.63. The highest BCUT2D eigenvalue weighted by Gasteiger charge is 2.19. The van der Waals surface area contributed by atoms with Crippen LogP contribution in [0.4, 0.5) is 0 Å². The molecular weight excluding hydrogens is 270 g/mol. The van der Waals surface area contributed by atoms with Crippen LogP contribution in [0.25, 0.3) is 0 Å². The fourth-order valence-corrected chi connectivity index (χ4v) is 1.94. The number of nitrogens with zero attached hydrogens (tertiary/aromatic N) is 2. The van der Waals surface area contributed by atoms with E-state index >= 15 is 0 Å². The Morgan fingerprint density at radius 3 is 2.48 bits per heavy atom. The minimum absolute atomic E-state index is 0.0609. The molecule has 6 nitrogen and oxygen atoms in total. The van der Waals surface area contributed by atoms with Gasteiger partial charge < -0.3 is 10.4 Å². The van der Waals surface area contributed by atoms with Crippen LogP contribution in [0.1, 0.15) is 41.9 Å². The van der Waals surface area contributed by atoms with E-state index in [2.05, 4.69) is 10.4 Å². The molecule has 2 rings (SSSR count). The van der Waals surface area contributed by atoms with Gasteiger partial charge in [0, 0.05) is 6.20 Å². The zero-order chi connectivity index (χ0) is 15.4. The Labute approximate surface area is 122 Å². The lowest BCUT2D eigenvalue weighted by molar-refractivity contribution is -0.124. The Bertz CT molecular complexity index is 637. The summed E-state index contributed by atoms with van der Waals surface area (Å²) in [7, 11) is 0. The summed E-state index contributed by atoms with van der Waals surface area (Å²) in [6.45, 7) is 3.57. The number of carboxylic acids is 1. The van der Waals surface area contributed by atoms with E-state index in [0.29, 0.717) is 0 Å². The molecule has 1 aromatic heterocycles. The van der Waals surface area contributed by atoms with Gasteiger partial charge in [0.25, 0.3) is 0 Å². The summed E-state index contributed by atoms with van der Waals surface area (Å²) >= 11 is 0. The quantitative estimate of drug-likeness (QED) is 0.881. The molecule has 0 aliphatic heterocycles. The average molecular weight is 287 g/mol. The molecule has 0 saturated carbocycles. The SMILES string of the molecule is CC(NC(=O)C(C)n1cc(C(=O)O)cn1)c1ccccc1. The number of aromatic nitrogens is 2. The first-order valence-corrected chi connectivity index (χ1v) is 6.62. The third-order valence-electron chi connectivity index (χ3n) is 3.28. The third-order valence-corrected chi connectivity index (χ3v) is 3.28. The Morgan fingerprint density at radius 1 is 1.24 bits per heavy atom. The van der Waals surface area contributed by atoms with E-state index in [-0.39, 0.29) is 17.5 Å². The van der Waals surface area contributed by atoms with E-state index in [1.54, 1.807) is 6.92 Å². The van der Waals surface area contributed by atoms with Crippen molar-refractivity contribution in [1.29, 1.82) is 0 Å². The molecule has 0 fully saturated rings. The number of benzene rings is 1. The summed E-state index contributed by atoms with van der Waals surface area (Å²) in [5.74, 6) is -1.28. The highest BCUT2D eigenvalue weighted by atomic mass is 16.4. The maximum absolute atomic E-state index is 12.2. The van der Waals surface area contributed by atoms with Gasteiger partial charge in [-0.3, -0.25) is 9.48 Å². The smallest absolute Gasteiger partial charge is 0.338 e. The average Bonchev–Trinajstić information content (AvgIpc) is 2.97. The molecule has 2 atom stereocenters. The summed E-state index contributed by atoms with van der Waals surface area (Å²) in [4.78, 5) is 23.0. The predicted octanol–water partition coefficient (Wildman–Crippen LogP) is 2.02. The molecule has 1 aromatic carbocycles. The van der Waals surface area contributed by atoms with E-state index in [0.717, 1.165) is 5.56 Å². The van der Waals surface area contributed by atoms with Crippen molar-refractivity contribution in [2.45, 2.75) is 25.9 Å². The van der Waals surface area contributed by atoms with Crippen LogP contribution in [0.2, 0.25) is 0 Å². The third kappa shape index (κ3) is 3.47. The van der Waals surface area contributed by atoms with Gasteiger partial charge in [0.2, 0.25) is 5.91 Å². The number of aromatic carboxylic acids is 1. The van der Waals surface area contributed by atoms with E-state index in [9.17, 15) is 9.59 Å². The maximum Gasteiger partial charge on any atom is 0.338 e. The molecule has 1 amide bonds. The lowest BCUT2D eigenvalue weighted by atomic mass is 10.1. The first-order valence-electron chi connectivity index (χ1n) is 6.62. The van der Waals surface area contributed by atoms with Crippen molar-refractivity contribution in [3.8, 4) is 0 Å². The van der Waals surface area contributed by atoms with Crippen LogP contribution in [-0.4, -0.2) is 26.8 Å². The monoisotopic (exact) mass is 287 g/mol. The molecule has 0 spiro atoms. The molecule has 110 valence electrons. The first-order chi connectivity index (χ1) is 9.99. The predicted molar refractivity (Wildman–Crippen MR) is 76.9 cm³/mol. The molecule has 0 aliphatic carbocycles. The molecule has 0 saturated heterocycles. The number of carbonyl (C=O) groups excluding carboxylic acids is 1. The summed E-state index contributed by atoms with van der Waals surface area (Å²) < 4.78 is 1.34. The van der Waals surface area contributed by atoms with Gasteiger partial charge in [0.05, 0.1) is 17.8 Å². The lowest BCUT2D eigenvalue weighted by Crippen LogP contribution is -2.33. The van der Waals surface area contributed by atoms with Crippen molar-refractivity contribution < 1.29 is 14.7 Å². The topological polar surface area (TPSA) is 84.2 Å². The second kappa shape index (κ2) is 6.21. The van der Waals surface area contributed by atoms with Gasteiger partial charge >= 0.3 is 5.97 Å². The van der Waals surface area contributed by atoms with Crippen molar-refractivity contribution in [2.75, 3.05) is 0 Å². The van der Waals surface area contributed by atoms with Crippen molar-refractivity contribution in [1.82, 2.24) is 15.1 Å². The van der Waals surface area contributed by atoms with Crippen molar-refractivity contribution in [3.05, 3.63) is 53.9 Å². The van der Waals surface area contributed by atoms with Gasteiger partial charge in [0.15, 0.2) is 0 Å². The maximum atomic E-state index is 12.2. The summed E-state index contributed by atoms with van der Waals surface area (Å²) in [6.07, 6.45) is 2.58. The molecule has 2 N–H and O–H groups in total. The van der Waals surface area contributed by atoms with Gasteiger partial charge in [-0.2, -0.15) is 5.10 Å². The zero-order valence-corrected chi connectivity index (χ0v) is 11.9. The molecule has 2 aromatic rings. The van der Waals surface area contributed by atoms with E-state index in [1.165, 1.54) is 17.1 Å². The fraction of sp³-hybridized carbons (Fsp3) is 0.267. The van der Waals surface area contributed by atoms with Crippen LogP contribution >= 0.6 is 0 Å². The van der Waals surface area contributed by atoms with Gasteiger partial charge in [-0.25, -0.2) is 4.79 Å². The first kappa shape index (κ1) is 14.8. The van der Waals surface area contributed by atoms with Crippen molar-refractivity contribution in [2.24, 2.45) is 0 Å². The normalized spacial score (nSPS) is 13.4. The minimum Gasteiger partial charge on any atom is -0.478 e. The highest BCUT2D eigenvalue weighted by molar-refractivity contribution is 5.87. The summed E-state index contributed by atoms with van der Waals surface area (Å²) in [5, 5.41) is 15.7. The van der Waals surface area contributed by atoms with E-state index in [4.69, 9.17) is 5.11 Å². The number of rotatable bonds is 5. The molecule has 2 unspecified atom stereocenters. The van der Waals surface area contributed by atoms with Crippen molar-refractivity contribution >= 4 is 11.9 Å². The van der Waals surface area contributed by atoms with Crippen LogP contribution < -0.4 is 5.32 Å². The van der Waals surface area contributed by atoms with Crippen molar-refractivity contribution in [3.63, 3.8) is 0 Å². The van der Waals surface area contributed by atoms with Crippen LogP contribution in [0, 0.1) is 0 Å². The second-order valence-corrected chi connectivity index (χ2v) is 4.83. The highest BCUT2D eigenvalue weighted by Crippen LogP contribution is 2.14. The van der Waals surface area contributed by atoms with Gasteiger partial charge in [0.1, 0.15) is 6.04 Å². The molecular formula is C15H17N3O3. The van der Waals surface area contributed by atoms with Gasteiger partial charge in [-0.15, -0.1) is 0 Å². The standard InChI is InChI=1S/C15H17N3O3/c1-10(12-6-4-3-5-7-12)17-14(19)11(2)18-9-13(8-16-18)15(20)21/h3-11H,1-2H3,(H,17,19)(H,20,21). The molecule has 1 heterocycles. The molecule has 0 bridgehead atoms. The van der Waals surface area contributed by atoms with Crippen LogP contribution in [0.15, 0.2) is 42.7 Å². The van der Waals surface area contributed by atoms with E-state index in [1.807, 2.05) is 37.3 Å². The minimum atomic E-state index is -1.06. The number of carbonyl (C=O) groups is 2. The van der Waals surface area contributed by atoms with Crippen LogP contribution in [0.3, 0.4) is 0 Å². The number of amides is 1. The summed E-state index contributed by atoms with van der Waals surface area (Å²) in [5.41, 5.74) is 1.07. The largest absolute Gasteiger partial charge is 0.478 e. The van der Waals surface area contributed by atoms with Crippen LogP contribution in [0.5, 0.6) is 0 Å². The number of carboxylic acid groups (broad SMARTS) is 1. The molecule has 0 radical (unpaired) electrons. The number of hydrogen-bond donors (Lipinski definition) is 2. The molecule has 6 heteroatoms.